The van der Waals surface area contributed by atoms with Crippen molar-refractivity contribution in [2.75, 3.05) is 18.8 Å². The number of amides is 1. The maximum absolute atomic E-state index is 13.8. The summed E-state index contributed by atoms with van der Waals surface area (Å²) < 4.78 is 38.3. The van der Waals surface area contributed by atoms with E-state index in [0.29, 0.717) is 12.1 Å². The first kappa shape index (κ1) is 20.5. The van der Waals surface area contributed by atoms with Gasteiger partial charge in [0.25, 0.3) is 5.91 Å². The highest BCUT2D eigenvalue weighted by Crippen LogP contribution is 2.19. The fourth-order valence-corrected chi connectivity index (χ4v) is 4.54. The van der Waals surface area contributed by atoms with E-state index < -0.39 is 9.84 Å². The van der Waals surface area contributed by atoms with Crippen molar-refractivity contribution < 1.29 is 17.6 Å². The van der Waals surface area contributed by atoms with Crippen LogP contribution in [0.1, 0.15) is 35.7 Å². The molecule has 150 valence electrons. The van der Waals surface area contributed by atoms with E-state index in [1.54, 1.807) is 37.3 Å². The maximum atomic E-state index is 13.8. The van der Waals surface area contributed by atoms with E-state index in [9.17, 15) is 17.6 Å². The summed E-state index contributed by atoms with van der Waals surface area (Å²) in [5, 5.41) is 2.96. The molecule has 2 aromatic rings. The number of nitrogens with one attached hydrogen (secondary N) is 1. The lowest BCUT2D eigenvalue weighted by atomic mass is 10.0. The highest BCUT2D eigenvalue weighted by molar-refractivity contribution is 7.91. The molecule has 1 amide bonds. The van der Waals surface area contributed by atoms with Crippen molar-refractivity contribution in [3.8, 4) is 0 Å². The number of carbonyl (C=O) groups is 1. The highest BCUT2D eigenvalue weighted by atomic mass is 32.2. The van der Waals surface area contributed by atoms with Crippen LogP contribution in [0.15, 0.2) is 53.4 Å². The van der Waals surface area contributed by atoms with Crippen molar-refractivity contribution in [3.63, 3.8) is 0 Å². The Labute approximate surface area is 165 Å². The summed E-state index contributed by atoms with van der Waals surface area (Å²) in [6.07, 6.45) is 1.48. The van der Waals surface area contributed by atoms with Crippen molar-refractivity contribution in [1.82, 2.24) is 10.2 Å². The van der Waals surface area contributed by atoms with Crippen LogP contribution in [0.5, 0.6) is 0 Å². The first-order valence-electron chi connectivity index (χ1n) is 9.49. The van der Waals surface area contributed by atoms with Gasteiger partial charge in [-0.1, -0.05) is 37.3 Å². The molecular formula is C21H25FN2O3S. The van der Waals surface area contributed by atoms with Gasteiger partial charge in [-0.25, -0.2) is 12.8 Å². The first-order chi connectivity index (χ1) is 13.4. The Morgan fingerprint density at radius 3 is 2.43 bits per heavy atom. The summed E-state index contributed by atoms with van der Waals surface area (Å²) in [6, 6.07) is 13.0. The quantitative estimate of drug-likeness (QED) is 0.804. The van der Waals surface area contributed by atoms with E-state index in [1.807, 2.05) is 6.07 Å². The number of rotatable bonds is 6. The number of piperidine rings is 1. The van der Waals surface area contributed by atoms with Gasteiger partial charge in [-0.2, -0.15) is 0 Å². The van der Waals surface area contributed by atoms with Crippen LogP contribution in [-0.4, -0.2) is 44.1 Å². The van der Waals surface area contributed by atoms with Crippen LogP contribution < -0.4 is 5.32 Å². The van der Waals surface area contributed by atoms with Crippen LogP contribution in [0.4, 0.5) is 4.39 Å². The second kappa shape index (κ2) is 8.84. The predicted molar refractivity (Wildman–Crippen MR) is 106 cm³/mol. The molecule has 7 heteroatoms. The summed E-state index contributed by atoms with van der Waals surface area (Å²) in [4.78, 5) is 14.9. The molecule has 0 aromatic heterocycles. The van der Waals surface area contributed by atoms with Crippen molar-refractivity contribution in [2.45, 2.75) is 37.2 Å². The van der Waals surface area contributed by atoms with E-state index >= 15 is 0 Å². The molecule has 5 nitrogen and oxygen atoms in total. The van der Waals surface area contributed by atoms with E-state index in [4.69, 9.17) is 0 Å². The lowest BCUT2D eigenvalue weighted by Gasteiger charge is -2.32. The van der Waals surface area contributed by atoms with Gasteiger partial charge in [-0.3, -0.25) is 9.69 Å². The molecule has 3 rings (SSSR count). The van der Waals surface area contributed by atoms with Crippen molar-refractivity contribution in [2.24, 2.45) is 0 Å². The molecule has 1 fully saturated rings. The van der Waals surface area contributed by atoms with Crippen LogP contribution in [0.2, 0.25) is 0 Å². The molecule has 2 aromatic carbocycles. The Morgan fingerprint density at radius 2 is 1.75 bits per heavy atom. The van der Waals surface area contributed by atoms with Gasteiger partial charge in [-0.15, -0.1) is 0 Å². The summed E-state index contributed by atoms with van der Waals surface area (Å²) >= 11 is 0. The van der Waals surface area contributed by atoms with Crippen LogP contribution in [-0.2, 0) is 16.4 Å². The van der Waals surface area contributed by atoms with Crippen LogP contribution >= 0.6 is 0 Å². The zero-order chi connectivity index (χ0) is 20.1. The number of likely N-dealkylation sites (tertiary alicyclic amines) is 1. The summed E-state index contributed by atoms with van der Waals surface area (Å²) in [6.45, 7) is 3.60. The van der Waals surface area contributed by atoms with Gasteiger partial charge in [0.2, 0.25) is 0 Å². The molecule has 1 heterocycles. The molecule has 1 saturated heterocycles. The Bertz CT molecular complexity index is 938. The molecule has 1 aliphatic rings. The standard InChI is InChI=1S/C21H25FN2O3S/c1-2-28(26,27)20-10-6-4-8-18(20)21(25)23-17-11-13-24(14-12-17)15-16-7-3-5-9-19(16)22/h3-10,17H,2,11-15H2,1H3,(H,23,25). The third-order valence-corrected chi connectivity index (χ3v) is 6.91. The topological polar surface area (TPSA) is 66.5 Å². The summed E-state index contributed by atoms with van der Waals surface area (Å²) in [7, 11) is -3.47. The lowest BCUT2D eigenvalue weighted by molar-refractivity contribution is 0.0905. The molecule has 0 unspecified atom stereocenters. The number of hydrogen-bond acceptors (Lipinski definition) is 4. The molecule has 0 aliphatic carbocycles. The van der Waals surface area contributed by atoms with E-state index in [-0.39, 0.29) is 34.0 Å². The van der Waals surface area contributed by atoms with Crippen molar-refractivity contribution in [3.05, 3.63) is 65.5 Å². The second-order valence-electron chi connectivity index (χ2n) is 7.01. The molecule has 28 heavy (non-hydrogen) atoms. The van der Waals surface area contributed by atoms with Crippen LogP contribution in [0.25, 0.3) is 0 Å². The van der Waals surface area contributed by atoms with Gasteiger partial charge in [0, 0.05) is 31.2 Å². The number of nitrogens with zero attached hydrogens (tertiary/aromatic N) is 1. The zero-order valence-corrected chi connectivity index (χ0v) is 16.7. The Kier molecular flexibility index (Phi) is 6.46. The molecule has 0 saturated carbocycles. The Morgan fingerprint density at radius 1 is 1.11 bits per heavy atom. The number of halogens is 1. The van der Waals surface area contributed by atoms with E-state index in [0.717, 1.165) is 25.9 Å². The summed E-state index contributed by atoms with van der Waals surface area (Å²) in [5.74, 6) is -0.613. The predicted octanol–water partition coefficient (Wildman–Crippen LogP) is 3.01. The van der Waals surface area contributed by atoms with Gasteiger partial charge in [-0.05, 0) is 31.0 Å². The molecular weight excluding hydrogens is 379 g/mol. The molecule has 0 radical (unpaired) electrons. The largest absolute Gasteiger partial charge is 0.349 e. The van der Waals surface area contributed by atoms with Gasteiger partial charge < -0.3 is 5.32 Å². The fourth-order valence-electron chi connectivity index (χ4n) is 3.45. The fraction of sp³-hybridized carbons (Fsp3) is 0.381. The number of sulfone groups is 1. The SMILES string of the molecule is CCS(=O)(=O)c1ccccc1C(=O)NC1CCN(Cc2ccccc2F)CC1. The van der Waals surface area contributed by atoms with Crippen LogP contribution in [0.3, 0.4) is 0 Å². The Balaban J connectivity index is 1.60. The molecule has 1 aliphatic heterocycles. The minimum absolute atomic E-state index is 0.0262. The molecule has 0 bridgehead atoms. The van der Waals surface area contributed by atoms with Gasteiger partial charge in [0.1, 0.15) is 5.82 Å². The minimum atomic E-state index is -3.47. The molecule has 0 spiro atoms. The van der Waals surface area contributed by atoms with E-state index in [2.05, 4.69) is 10.2 Å². The molecule has 1 N–H and O–H groups in total. The van der Waals surface area contributed by atoms with Gasteiger partial charge in [0.15, 0.2) is 9.84 Å². The average molecular weight is 405 g/mol. The number of hydrogen-bond donors (Lipinski definition) is 1. The average Bonchev–Trinajstić information content (AvgIpc) is 2.71. The van der Waals surface area contributed by atoms with Gasteiger partial charge >= 0.3 is 0 Å². The maximum Gasteiger partial charge on any atom is 0.252 e. The molecule has 0 atom stereocenters. The monoisotopic (exact) mass is 404 g/mol. The van der Waals surface area contributed by atoms with Crippen molar-refractivity contribution in [1.29, 1.82) is 0 Å². The second-order valence-corrected chi connectivity index (χ2v) is 9.26. The van der Waals surface area contributed by atoms with Crippen molar-refractivity contribution >= 4 is 15.7 Å². The summed E-state index contributed by atoms with van der Waals surface area (Å²) in [5.41, 5.74) is 0.863. The van der Waals surface area contributed by atoms with Gasteiger partial charge in [0.05, 0.1) is 16.2 Å². The minimum Gasteiger partial charge on any atom is -0.349 e. The Hall–Kier alpha value is -2.25. The number of benzene rings is 2. The third-order valence-electron chi connectivity index (χ3n) is 5.12. The first-order valence-corrected chi connectivity index (χ1v) is 11.1. The lowest BCUT2D eigenvalue weighted by Crippen LogP contribution is -2.44. The van der Waals surface area contributed by atoms with E-state index in [1.165, 1.54) is 12.1 Å². The normalized spacial score (nSPS) is 16.1. The number of carbonyl (C=O) groups excluding carboxylic acids is 1. The highest BCUT2D eigenvalue weighted by Gasteiger charge is 2.25. The zero-order valence-electron chi connectivity index (χ0n) is 15.9. The van der Waals surface area contributed by atoms with Crippen LogP contribution in [0, 0.1) is 5.82 Å². The third kappa shape index (κ3) is 4.77. The smallest absolute Gasteiger partial charge is 0.252 e.